The van der Waals surface area contributed by atoms with Gasteiger partial charge in [0.15, 0.2) is 25.7 Å². The maximum atomic E-state index is 13.2. The van der Waals surface area contributed by atoms with E-state index in [2.05, 4.69) is 46.0 Å². The fourth-order valence-electron chi connectivity index (χ4n) is 4.85. The molecule has 0 aliphatic carbocycles. The maximum Gasteiger partial charge on any atom is 0.191 e. The first-order valence-electron chi connectivity index (χ1n) is 14.7. The molecular weight excluding hydrogens is 524 g/mol. The predicted molar refractivity (Wildman–Crippen MR) is 160 cm³/mol. The summed E-state index contributed by atoms with van der Waals surface area (Å²) in [7, 11) is -1.84. The molecule has 2 fully saturated rings. The Morgan fingerprint density at radius 3 is 2.17 bits per heavy atom. The molecule has 0 amide bonds. The van der Waals surface area contributed by atoms with Crippen LogP contribution in [-0.2, 0) is 39.5 Å². The van der Waals surface area contributed by atoms with Crippen LogP contribution in [0.2, 0.25) is 18.1 Å². The van der Waals surface area contributed by atoms with Gasteiger partial charge in [0.05, 0.1) is 24.9 Å². The Morgan fingerprint density at radius 1 is 0.925 bits per heavy atom. The van der Waals surface area contributed by atoms with E-state index >= 15 is 0 Å². The number of carbonyl (C=O) groups is 1. The SMILES string of the molecule is CC1(C)O[C@@H](CCOCc2ccccc2)C[C@@H](/C=C/C(=O)[C@H]2C[C@@H](CCO[Si](C)(C)C(C)(C)C)OC(C)(C)O2)O1. The minimum atomic E-state index is -1.84. The van der Waals surface area contributed by atoms with Gasteiger partial charge in [-0.15, -0.1) is 0 Å². The van der Waals surface area contributed by atoms with Gasteiger partial charge in [-0.3, -0.25) is 4.79 Å². The van der Waals surface area contributed by atoms with E-state index in [0.717, 1.165) is 18.4 Å². The van der Waals surface area contributed by atoms with E-state index in [9.17, 15) is 4.79 Å². The summed E-state index contributed by atoms with van der Waals surface area (Å²) in [4.78, 5) is 13.2. The van der Waals surface area contributed by atoms with Crippen LogP contribution < -0.4 is 0 Å². The zero-order chi connectivity index (χ0) is 29.6. The van der Waals surface area contributed by atoms with Crippen molar-refractivity contribution in [2.45, 2.75) is 135 Å². The lowest BCUT2D eigenvalue weighted by Gasteiger charge is -2.41. The fraction of sp³-hybridized carbons (Fsp3) is 0.719. The minimum Gasteiger partial charge on any atom is -0.417 e. The summed E-state index contributed by atoms with van der Waals surface area (Å²) in [6, 6.07) is 10.1. The summed E-state index contributed by atoms with van der Waals surface area (Å²) in [6.45, 7) is 20.6. The molecule has 2 aliphatic rings. The van der Waals surface area contributed by atoms with Gasteiger partial charge < -0.3 is 28.1 Å². The van der Waals surface area contributed by atoms with Crippen molar-refractivity contribution in [2.75, 3.05) is 13.2 Å². The van der Waals surface area contributed by atoms with E-state index in [1.807, 2.05) is 52.0 Å². The van der Waals surface area contributed by atoms with Crippen molar-refractivity contribution in [1.29, 1.82) is 0 Å². The first-order valence-corrected chi connectivity index (χ1v) is 17.6. The number of ether oxygens (including phenoxy) is 5. The molecule has 1 aromatic carbocycles. The van der Waals surface area contributed by atoms with Crippen molar-refractivity contribution in [3.05, 3.63) is 48.0 Å². The molecule has 3 rings (SSSR count). The van der Waals surface area contributed by atoms with Crippen molar-refractivity contribution >= 4 is 14.1 Å². The van der Waals surface area contributed by atoms with E-state index in [0.29, 0.717) is 32.7 Å². The molecule has 8 heteroatoms. The van der Waals surface area contributed by atoms with Crippen LogP contribution in [0.1, 0.15) is 79.7 Å². The number of hydrogen-bond donors (Lipinski definition) is 0. The summed E-state index contributed by atoms with van der Waals surface area (Å²) >= 11 is 0. The zero-order valence-corrected chi connectivity index (χ0v) is 27.2. The second-order valence-electron chi connectivity index (χ2n) is 13.5. The maximum absolute atomic E-state index is 13.2. The van der Waals surface area contributed by atoms with E-state index < -0.39 is 26.0 Å². The molecule has 0 unspecified atom stereocenters. The van der Waals surface area contributed by atoms with Gasteiger partial charge in [-0.25, -0.2) is 0 Å². The molecule has 0 N–H and O–H groups in total. The Balaban J connectivity index is 1.51. The summed E-state index contributed by atoms with van der Waals surface area (Å²) < 4.78 is 36.7. The molecule has 0 spiro atoms. The van der Waals surface area contributed by atoms with Crippen LogP contribution in [0, 0.1) is 0 Å². The highest BCUT2D eigenvalue weighted by atomic mass is 28.4. The van der Waals surface area contributed by atoms with Gasteiger partial charge in [-0.1, -0.05) is 57.2 Å². The molecule has 0 aromatic heterocycles. The van der Waals surface area contributed by atoms with E-state index in [-0.39, 0.29) is 29.1 Å². The second kappa shape index (κ2) is 13.7. The standard InChI is InChI=1S/C32H52O7Si/c1-30(2,3)40(8,9)35-20-18-27-22-29(39-32(6,7)38-27)28(33)16-15-25-21-26(37-31(4,5)36-25)17-19-34-23-24-13-11-10-12-14-24/h10-16,25-27,29H,17-23H2,1-9H3/b16-15+/t25-,26+,27-,29-/m1/s1. The van der Waals surface area contributed by atoms with E-state index in [1.165, 1.54) is 0 Å². The summed E-state index contributed by atoms with van der Waals surface area (Å²) in [5.74, 6) is -1.65. The van der Waals surface area contributed by atoms with E-state index in [4.69, 9.17) is 28.1 Å². The van der Waals surface area contributed by atoms with Crippen LogP contribution in [0.15, 0.2) is 42.5 Å². The average Bonchev–Trinajstić information content (AvgIpc) is 2.83. The highest BCUT2D eigenvalue weighted by molar-refractivity contribution is 6.74. The number of hydrogen-bond acceptors (Lipinski definition) is 7. The van der Waals surface area contributed by atoms with Gasteiger partial charge >= 0.3 is 0 Å². The average molecular weight is 577 g/mol. The molecule has 2 heterocycles. The Labute approximate surface area is 243 Å². The van der Waals surface area contributed by atoms with E-state index in [1.54, 1.807) is 6.08 Å². The van der Waals surface area contributed by atoms with Crippen molar-refractivity contribution in [2.24, 2.45) is 0 Å². The Morgan fingerprint density at radius 2 is 1.52 bits per heavy atom. The van der Waals surface area contributed by atoms with Crippen molar-refractivity contribution < 1.29 is 32.9 Å². The molecule has 2 saturated heterocycles. The third kappa shape index (κ3) is 10.5. The minimum absolute atomic E-state index is 0.0205. The first-order chi connectivity index (χ1) is 18.6. The zero-order valence-electron chi connectivity index (χ0n) is 26.2. The normalized spacial score (nSPS) is 27.1. The number of carbonyl (C=O) groups excluding carboxylic acids is 1. The second-order valence-corrected chi connectivity index (χ2v) is 18.3. The molecule has 1 aromatic rings. The third-order valence-electron chi connectivity index (χ3n) is 7.93. The molecule has 0 saturated carbocycles. The Bertz CT molecular complexity index is 967. The third-order valence-corrected chi connectivity index (χ3v) is 12.5. The van der Waals surface area contributed by atoms with Crippen LogP contribution in [0.25, 0.3) is 0 Å². The van der Waals surface area contributed by atoms with Gasteiger partial charge in [0.2, 0.25) is 0 Å². The number of benzene rings is 1. The van der Waals surface area contributed by atoms with Gasteiger partial charge in [0, 0.05) is 26.1 Å². The lowest BCUT2D eigenvalue weighted by molar-refractivity contribution is -0.293. The number of rotatable bonds is 12. The van der Waals surface area contributed by atoms with Crippen molar-refractivity contribution in [3.63, 3.8) is 0 Å². The molecule has 226 valence electrons. The number of ketones is 1. The molecule has 0 bridgehead atoms. The lowest BCUT2D eigenvalue weighted by Crippen LogP contribution is -2.48. The molecule has 0 radical (unpaired) electrons. The van der Waals surface area contributed by atoms with Gasteiger partial charge in [-0.2, -0.15) is 0 Å². The fourth-order valence-corrected chi connectivity index (χ4v) is 5.91. The van der Waals surface area contributed by atoms with Crippen molar-refractivity contribution in [1.82, 2.24) is 0 Å². The summed E-state index contributed by atoms with van der Waals surface area (Å²) in [5, 5.41) is 0.154. The lowest BCUT2D eigenvalue weighted by atomic mass is 10.0. The molecular formula is C32H52O7Si. The highest BCUT2D eigenvalue weighted by Crippen LogP contribution is 2.37. The predicted octanol–water partition coefficient (Wildman–Crippen LogP) is 6.95. The van der Waals surface area contributed by atoms with Gasteiger partial charge in [0.1, 0.15) is 6.10 Å². The largest absolute Gasteiger partial charge is 0.417 e. The highest BCUT2D eigenvalue weighted by Gasteiger charge is 2.40. The van der Waals surface area contributed by atoms with Crippen LogP contribution in [0.3, 0.4) is 0 Å². The van der Waals surface area contributed by atoms with Crippen molar-refractivity contribution in [3.8, 4) is 0 Å². The van der Waals surface area contributed by atoms with Crippen LogP contribution in [-0.4, -0.2) is 63.3 Å². The summed E-state index contributed by atoms with van der Waals surface area (Å²) in [6.07, 6.45) is 5.22. The van der Waals surface area contributed by atoms with Gasteiger partial charge in [0.25, 0.3) is 0 Å². The Hall–Kier alpha value is -1.39. The Kier molecular flexibility index (Phi) is 11.4. The quantitative estimate of drug-likeness (QED) is 0.151. The van der Waals surface area contributed by atoms with Crippen LogP contribution in [0.5, 0.6) is 0 Å². The smallest absolute Gasteiger partial charge is 0.191 e. The van der Waals surface area contributed by atoms with Gasteiger partial charge in [-0.05, 0) is 70.3 Å². The molecule has 2 aliphatic heterocycles. The molecule has 7 nitrogen and oxygen atoms in total. The summed E-state index contributed by atoms with van der Waals surface area (Å²) in [5.41, 5.74) is 1.15. The molecule has 40 heavy (non-hydrogen) atoms. The van der Waals surface area contributed by atoms with Crippen LogP contribution in [0.4, 0.5) is 0 Å². The monoisotopic (exact) mass is 576 g/mol. The topological polar surface area (TPSA) is 72.5 Å². The van der Waals surface area contributed by atoms with Crippen LogP contribution >= 0.6 is 0 Å². The first kappa shape index (κ1) is 33.1. The molecule has 4 atom stereocenters.